The molecule has 2 aromatic heterocycles. The fourth-order valence-corrected chi connectivity index (χ4v) is 4.10. The highest BCUT2D eigenvalue weighted by Gasteiger charge is 2.12. The predicted molar refractivity (Wildman–Crippen MR) is 111 cm³/mol. The number of aromatic nitrogens is 4. The van der Waals surface area contributed by atoms with Gasteiger partial charge in [0.05, 0.1) is 0 Å². The van der Waals surface area contributed by atoms with Gasteiger partial charge in [0.2, 0.25) is 4.96 Å². The predicted octanol–water partition coefficient (Wildman–Crippen LogP) is 4.91. The Morgan fingerprint density at radius 2 is 1.79 bits per heavy atom. The first kappa shape index (κ1) is 16.9. The van der Waals surface area contributed by atoms with Gasteiger partial charge in [0.1, 0.15) is 11.3 Å². The molecule has 0 spiro atoms. The van der Waals surface area contributed by atoms with Gasteiger partial charge in [0.25, 0.3) is 5.91 Å². The molecule has 6 nitrogen and oxygen atoms in total. The van der Waals surface area contributed by atoms with Gasteiger partial charge < -0.3 is 5.32 Å². The zero-order chi connectivity index (χ0) is 19.1. The summed E-state index contributed by atoms with van der Waals surface area (Å²) in [7, 11) is 0. The number of hydrogen-bond donors (Lipinski definition) is 1. The standard InChI is InChI=1S/C20H12ClN5OS/c21-17-6-2-3-14-15(17)4-1-5-16(14)18(27)23-13-9-7-12(8-10-13)19-25-26-11-22-24-20(26)28-19/h1-11H,(H,23,27). The molecule has 0 saturated carbocycles. The zero-order valence-corrected chi connectivity index (χ0v) is 15.9. The van der Waals surface area contributed by atoms with E-state index in [1.807, 2.05) is 54.6 Å². The van der Waals surface area contributed by atoms with Crippen molar-refractivity contribution in [3.05, 3.63) is 77.6 Å². The van der Waals surface area contributed by atoms with Crippen molar-refractivity contribution in [2.45, 2.75) is 0 Å². The largest absolute Gasteiger partial charge is 0.322 e. The Balaban J connectivity index is 1.41. The molecule has 0 saturated heterocycles. The van der Waals surface area contributed by atoms with Crippen LogP contribution in [-0.2, 0) is 0 Å². The molecule has 0 radical (unpaired) electrons. The molecule has 2 heterocycles. The third-order valence-corrected chi connectivity index (χ3v) is 5.68. The summed E-state index contributed by atoms with van der Waals surface area (Å²) in [6.45, 7) is 0. The topological polar surface area (TPSA) is 72.2 Å². The van der Waals surface area contributed by atoms with Gasteiger partial charge in [-0.15, -0.1) is 10.2 Å². The molecule has 0 unspecified atom stereocenters. The van der Waals surface area contributed by atoms with Crippen molar-refractivity contribution in [2.75, 3.05) is 5.32 Å². The Bertz CT molecular complexity index is 1300. The Kier molecular flexibility index (Phi) is 4.03. The molecule has 3 aromatic carbocycles. The van der Waals surface area contributed by atoms with Crippen molar-refractivity contribution in [2.24, 2.45) is 0 Å². The molecule has 0 bridgehead atoms. The van der Waals surface area contributed by atoms with Gasteiger partial charge in [0, 0.05) is 27.2 Å². The molecule has 0 fully saturated rings. The van der Waals surface area contributed by atoms with E-state index < -0.39 is 0 Å². The third kappa shape index (κ3) is 2.90. The molecule has 5 rings (SSSR count). The quantitative estimate of drug-likeness (QED) is 0.462. The van der Waals surface area contributed by atoms with Crippen LogP contribution in [0.1, 0.15) is 10.4 Å². The van der Waals surface area contributed by atoms with Crippen molar-refractivity contribution < 1.29 is 4.79 Å². The minimum atomic E-state index is -0.181. The van der Waals surface area contributed by atoms with Crippen molar-refractivity contribution >= 4 is 50.3 Å². The normalized spacial score (nSPS) is 11.2. The molecule has 0 aliphatic rings. The first-order valence-electron chi connectivity index (χ1n) is 8.45. The van der Waals surface area contributed by atoms with E-state index >= 15 is 0 Å². The lowest BCUT2D eigenvalue weighted by Crippen LogP contribution is -2.12. The number of nitrogens with one attached hydrogen (secondary N) is 1. The van der Waals surface area contributed by atoms with Crippen LogP contribution in [0, 0.1) is 0 Å². The van der Waals surface area contributed by atoms with Crippen LogP contribution in [0.25, 0.3) is 26.3 Å². The Labute approximate surface area is 168 Å². The molecule has 8 heteroatoms. The number of fused-ring (bicyclic) bond motifs is 2. The van der Waals surface area contributed by atoms with Crippen molar-refractivity contribution in [3.8, 4) is 10.6 Å². The fraction of sp³-hybridized carbons (Fsp3) is 0. The maximum Gasteiger partial charge on any atom is 0.256 e. The maximum atomic E-state index is 12.8. The number of benzene rings is 3. The average molecular weight is 406 g/mol. The van der Waals surface area contributed by atoms with Crippen molar-refractivity contribution in [1.82, 2.24) is 19.8 Å². The van der Waals surface area contributed by atoms with E-state index in [1.165, 1.54) is 11.3 Å². The van der Waals surface area contributed by atoms with E-state index in [2.05, 4.69) is 20.6 Å². The van der Waals surface area contributed by atoms with Gasteiger partial charge >= 0.3 is 0 Å². The summed E-state index contributed by atoms with van der Waals surface area (Å²) >= 11 is 7.70. The lowest BCUT2D eigenvalue weighted by Gasteiger charge is -2.09. The molecular weight excluding hydrogens is 394 g/mol. The highest BCUT2D eigenvalue weighted by atomic mass is 35.5. The van der Waals surface area contributed by atoms with Crippen LogP contribution in [0.5, 0.6) is 0 Å². The monoisotopic (exact) mass is 405 g/mol. The Morgan fingerprint density at radius 1 is 1.00 bits per heavy atom. The number of rotatable bonds is 3. The number of nitrogens with zero attached hydrogens (tertiary/aromatic N) is 4. The Hall–Kier alpha value is -3.29. The zero-order valence-electron chi connectivity index (χ0n) is 14.3. The fourth-order valence-electron chi connectivity index (χ4n) is 3.04. The number of halogens is 1. The summed E-state index contributed by atoms with van der Waals surface area (Å²) in [5.74, 6) is -0.181. The number of anilines is 1. The lowest BCUT2D eigenvalue weighted by molar-refractivity contribution is 0.102. The molecule has 5 aromatic rings. The first-order valence-corrected chi connectivity index (χ1v) is 9.64. The van der Waals surface area contributed by atoms with Crippen LogP contribution < -0.4 is 5.32 Å². The summed E-state index contributed by atoms with van der Waals surface area (Å²) in [5, 5.41) is 18.3. The summed E-state index contributed by atoms with van der Waals surface area (Å²) in [4.78, 5) is 13.5. The summed E-state index contributed by atoms with van der Waals surface area (Å²) in [6.07, 6.45) is 1.57. The van der Waals surface area contributed by atoms with Crippen LogP contribution in [-0.4, -0.2) is 25.7 Å². The van der Waals surface area contributed by atoms with Gasteiger partial charge in [-0.05, 0) is 41.8 Å². The molecule has 28 heavy (non-hydrogen) atoms. The van der Waals surface area contributed by atoms with Gasteiger partial charge in [-0.25, -0.2) is 0 Å². The summed E-state index contributed by atoms with van der Waals surface area (Å²) in [6, 6.07) is 18.6. The molecule has 136 valence electrons. The maximum absolute atomic E-state index is 12.8. The van der Waals surface area contributed by atoms with E-state index in [0.717, 1.165) is 26.3 Å². The minimum Gasteiger partial charge on any atom is -0.322 e. The van der Waals surface area contributed by atoms with Crippen LogP contribution >= 0.6 is 22.9 Å². The second kappa shape index (κ2) is 6.70. The van der Waals surface area contributed by atoms with Gasteiger partial charge in [-0.1, -0.05) is 47.2 Å². The van der Waals surface area contributed by atoms with Crippen LogP contribution in [0.2, 0.25) is 5.02 Å². The molecular formula is C20H12ClN5OS. The average Bonchev–Trinajstić information content (AvgIpc) is 3.31. The molecule has 0 atom stereocenters. The second-order valence-corrected chi connectivity index (χ2v) is 7.50. The van der Waals surface area contributed by atoms with Crippen molar-refractivity contribution in [1.29, 1.82) is 0 Å². The van der Waals surface area contributed by atoms with E-state index in [-0.39, 0.29) is 5.91 Å². The number of amides is 1. The van der Waals surface area contributed by atoms with Gasteiger partial charge in [-0.2, -0.15) is 9.61 Å². The highest BCUT2D eigenvalue weighted by Crippen LogP contribution is 2.28. The summed E-state index contributed by atoms with van der Waals surface area (Å²) in [5.41, 5.74) is 2.24. The molecule has 0 aliphatic heterocycles. The molecule has 1 N–H and O–H groups in total. The van der Waals surface area contributed by atoms with Crippen LogP contribution in [0.15, 0.2) is 67.0 Å². The number of carbonyl (C=O) groups excluding carboxylic acids is 1. The van der Waals surface area contributed by atoms with E-state index in [4.69, 9.17) is 11.6 Å². The third-order valence-electron chi connectivity index (χ3n) is 4.39. The minimum absolute atomic E-state index is 0.181. The SMILES string of the molecule is O=C(Nc1ccc(-c2nn3cnnc3s2)cc1)c1cccc2c(Cl)cccc12. The van der Waals surface area contributed by atoms with E-state index in [9.17, 15) is 4.79 Å². The van der Waals surface area contributed by atoms with Crippen LogP contribution in [0.4, 0.5) is 5.69 Å². The lowest BCUT2D eigenvalue weighted by atomic mass is 10.0. The van der Waals surface area contributed by atoms with E-state index in [0.29, 0.717) is 16.3 Å². The van der Waals surface area contributed by atoms with E-state index in [1.54, 1.807) is 16.9 Å². The molecule has 0 aliphatic carbocycles. The highest BCUT2D eigenvalue weighted by molar-refractivity contribution is 7.19. The smallest absolute Gasteiger partial charge is 0.256 e. The Morgan fingerprint density at radius 3 is 2.61 bits per heavy atom. The second-order valence-electron chi connectivity index (χ2n) is 6.14. The first-order chi connectivity index (χ1) is 13.7. The number of hydrogen-bond acceptors (Lipinski definition) is 5. The molecule has 1 amide bonds. The van der Waals surface area contributed by atoms with Gasteiger partial charge in [-0.3, -0.25) is 4.79 Å². The van der Waals surface area contributed by atoms with Crippen LogP contribution in [0.3, 0.4) is 0 Å². The van der Waals surface area contributed by atoms with Gasteiger partial charge in [0.15, 0.2) is 0 Å². The van der Waals surface area contributed by atoms with Crippen molar-refractivity contribution in [3.63, 3.8) is 0 Å². The summed E-state index contributed by atoms with van der Waals surface area (Å²) < 4.78 is 1.64. The number of carbonyl (C=O) groups is 1.